The molecule has 0 aliphatic carbocycles. The van der Waals surface area contributed by atoms with Crippen LogP contribution in [0, 0.1) is 11.8 Å². The van der Waals surface area contributed by atoms with Gasteiger partial charge in [-0.15, -0.1) is 0 Å². The lowest BCUT2D eigenvalue weighted by Crippen LogP contribution is -2.29. The molecule has 0 radical (unpaired) electrons. The van der Waals surface area contributed by atoms with E-state index in [1.165, 1.54) is 84.1 Å². The zero-order chi connectivity index (χ0) is 12.6. The van der Waals surface area contributed by atoms with E-state index in [9.17, 15) is 0 Å². The summed E-state index contributed by atoms with van der Waals surface area (Å²) in [5, 5.41) is 3.46. The van der Waals surface area contributed by atoms with Crippen LogP contribution >= 0.6 is 0 Å². The fraction of sp³-hybridized carbons (Fsp3) is 1.00. The fourth-order valence-corrected chi connectivity index (χ4v) is 3.63. The molecular formula is C16H32N2. The van der Waals surface area contributed by atoms with Gasteiger partial charge in [-0.1, -0.05) is 13.3 Å². The third kappa shape index (κ3) is 4.89. The molecule has 0 amide bonds. The third-order valence-electron chi connectivity index (χ3n) is 5.06. The summed E-state index contributed by atoms with van der Waals surface area (Å²) in [4.78, 5) is 2.73. The minimum absolute atomic E-state index is 1.01. The molecule has 0 saturated carbocycles. The summed E-state index contributed by atoms with van der Waals surface area (Å²) in [6, 6.07) is 0. The first kappa shape index (κ1) is 14.3. The number of hydrogen-bond donors (Lipinski definition) is 1. The van der Waals surface area contributed by atoms with E-state index in [1.807, 2.05) is 0 Å². The van der Waals surface area contributed by atoms with Crippen LogP contribution in [0.1, 0.15) is 58.3 Å². The highest BCUT2D eigenvalue weighted by Crippen LogP contribution is 2.22. The van der Waals surface area contributed by atoms with Crippen LogP contribution in [0.4, 0.5) is 0 Å². The normalized spacial score (nSPS) is 28.2. The van der Waals surface area contributed by atoms with Gasteiger partial charge in [0, 0.05) is 0 Å². The first-order chi connectivity index (χ1) is 8.88. The molecule has 1 atom stereocenters. The van der Waals surface area contributed by atoms with Crippen LogP contribution in [0.2, 0.25) is 0 Å². The molecule has 2 rings (SSSR count). The molecule has 0 aromatic carbocycles. The van der Waals surface area contributed by atoms with E-state index in [-0.39, 0.29) is 0 Å². The molecule has 0 aromatic heterocycles. The molecule has 2 aliphatic rings. The highest BCUT2D eigenvalue weighted by molar-refractivity contribution is 4.72. The van der Waals surface area contributed by atoms with E-state index in [0.29, 0.717) is 0 Å². The van der Waals surface area contributed by atoms with Gasteiger partial charge in [0.1, 0.15) is 0 Å². The lowest BCUT2D eigenvalue weighted by molar-refractivity contribution is 0.256. The van der Waals surface area contributed by atoms with Crippen molar-refractivity contribution >= 4 is 0 Å². The molecule has 106 valence electrons. The topological polar surface area (TPSA) is 15.3 Å². The van der Waals surface area contributed by atoms with Crippen LogP contribution in [0.5, 0.6) is 0 Å². The predicted octanol–water partition coefficient (Wildman–Crippen LogP) is 3.28. The maximum atomic E-state index is 3.46. The van der Waals surface area contributed by atoms with Crippen LogP contribution in [-0.4, -0.2) is 37.6 Å². The molecule has 0 spiro atoms. The van der Waals surface area contributed by atoms with E-state index < -0.39 is 0 Å². The summed E-state index contributed by atoms with van der Waals surface area (Å²) in [5.74, 6) is 2.03. The summed E-state index contributed by atoms with van der Waals surface area (Å²) in [7, 11) is 0. The summed E-state index contributed by atoms with van der Waals surface area (Å²) < 4.78 is 0. The van der Waals surface area contributed by atoms with E-state index in [2.05, 4.69) is 17.1 Å². The quantitative estimate of drug-likeness (QED) is 0.808. The maximum absolute atomic E-state index is 3.46. The van der Waals surface area contributed by atoms with Gasteiger partial charge in [-0.2, -0.15) is 0 Å². The third-order valence-corrected chi connectivity index (χ3v) is 5.06. The van der Waals surface area contributed by atoms with Gasteiger partial charge in [-0.05, 0) is 89.5 Å². The molecule has 2 heterocycles. The van der Waals surface area contributed by atoms with Gasteiger partial charge in [0.2, 0.25) is 0 Å². The van der Waals surface area contributed by atoms with Crippen molar-refractivity contribution in [3.63, 3.8) is 0 Å². The number of nitrogens with one attached hydrogen (secondary N) is 1. The monoisotopic (exact) mass is 252 g/mol. The number of nitrogens with zero attached hydrogens (tertiary/aromatic N) is 1. The van der Waals surface area contributed by atoms with Crippen molar-refractivity contribution in [2.75, 3.05) is 32.7 Å². The Balaban J connectivity index is 1.58. The summed E-state index contributed by atoms with van der Waals surface area (Å²) in [6.45, 7) is 8.96. The molecule has 0 aromatic rings. The molecule has 2 aliphatic heterocycles. The Bertz CT molecular complexity index is 211. The second-order valence-corrected chi connectivity index (χ2v) is 6.38. The Hall–Kier alpha value is -0.0800. The Labute approximate surface area is 114 Å². The van der Waals surface area contributed by atoms with E-state index in [4.69, 9.17) is 0 Å². The van der Waals surface area contributed by atoms with Crippen molar-refractivity contribution in [3.05, 3.63) is 0 Å². The fourth-order valence-electron chi connectivity index (χ4n) is 3.63. The Kier molecular flexibility index (Phi) is 6.50. The number of likely N-dealkylation sites (tertiary alicyclic amines) is 1. The maximum Gasteiger partial charge on any atom is -0.00161 e. The van der Waals surface area contributed by atoms with Crippen LogP contribution in [0.25, 0.3) is 0 Å². The minimum Gasteiger partial charge on any atom is -0.317 e. The number of hydrogen-bond acceptors (Lipinski definition) is 2. The number of rotatable bonds is 5. The Morgan fingerprint density at radius 3 is 2.61 bits per heavy atom. The first-order valence-electron chi connectivity index (χ1n) is 8.31. The predicted molar refractivity (Wildman–Crippen MR) is 78.9 cm³/mol. The lowest BCUT2D eigenvalue weighted by Gasteiger charge is -2.25. The molecule has 2 heteroatoms. The average molecular weight is 252 g/mol. The standard InChI is InChI=1S/C16H32N2/c1-2-15-5-3-12-18(14-9-15)13-4-6-16-7-10-17-11-8-16/h15-17H,2-14H2,1H3. The van der Waals surface area contributed by atoms with Crippen molar-refractivity contribution in [2.24, 2.45) is 11.8 Å². The van der Waals surface area contributed by atoms with Crippen molar-refractivity contribution in [1.82, 2.24) is 10.2 Å². The van der Waals surface area contributed by atoms with E-state index >= 15 is 0 Å². The highest BCUT2D eigenvalue weighted by atomic mass is 15.1. The van der Waals surface area contributed by atoms with Gasteiger partial charge in [0.15, 0.2) is 0 Å². The van der Waals surface area contributed by atoms with E-state index in [1.54, 1.807) is 0 Å². The first-order valence-corrected chi connectivity index (χ1v) is 8.31. The molecule has 1 N–H and O–H groups in total. The van der Waals surface area contributed by atoms with Crippen molar-refractivity contribution < 1.29 is 0 Å². The zero-order valence-electron chi connectivity index (χ0n) is 12.3. The van der Waals surface area contributed by atoms with Crippen molar-refractivity contribution in [2.45, 2.75) is 58.3 Å². The van der Waals surface area contributed by atoms with Crippen LogP contribution in [0.3, 0.4) is 0 Å². The van der Waals surface area contributed by atoms with Gasteiger partial charge in [0.05, 0.1) is 0 Å². The Morgan fingerprint density at radius 1 is 1.00 bits per heavy atom. The molecular weight excluding hydrogens is 220 g/mol. The molecule has 2 fully saturated rings. The van der Waals surface area contributed by atoms with Crippen molar-refractivity contribution in [3.8, 4) is 0 Å². The largest absolute Gasteiger partial charge is 0.317 e. The number of piperidine rings is 1. The van der Waals surface area contributed by atoms with Gasteiger partial charge in [0.25, 0.3) is 0 Å². The van der Waals surface area contributed by atoms with Crippen molar-refractivity contribution in [1.29, 1.82) is 0 Å². The van der Waals surface area contributed by atoms with Crippen LogP contribution < -0.4 is 5.32 Å². The van der Waals surface area contributed by atoms with E-state index in [0.717, 1.165) is 11.8 Å². The molecule has 2 nitrogen and oxygen atoms in total. The lowest BCUT2D eigenvalue weighted by atomic mass is 9.93. The summed E-state index contributed by atoms with van der Waals surface area (Å²) >= 11 is 0. The van der Waals surface area contributed by atoms with Gasteiger partial charge < -0.3 is 10.2 Å². The summed E-state index contributed by atoms with van der Waals surface area (Å²) in [6.07, 6.45) is 11.5. The second kappa shape index (κ2) is 8.16. The molecule has 0 bridgehead atoms. The SMILES string of the molecule is CCC1CCCN(CCCC2CCNCC2)CC1. The smallest absolute Gasteiger partial charge is 0.00161 e. The minimum atomic E-state index is 1.01. The molecule has 18 heavy (non-hydrogen) atoms. The molecule has 1 unspecified atom stereocenters. The van der Waals surface area contributed by atoms with Gasteiger partial charge >= 0.3 is 0 Å². The highest BCUT2D eigenvalue weighted by Gasteiger charge is 2.16. The zero-order valence-corrected chi connectivity index (χ0v) is 12.3. The van der Waals surface area contributed by atoms with Gasteiger partial charge in [-0.25, -0.2) is 0 Å². The summed E-state index contributed by atoms with van der Waals surface area (Å²) in [5.41, 5.74) is 0. The Morgan fingerprint density at radius 2 is 1.83 bits per heavy atom. The average Bonchev–Trinajstić information content (AvgIpc) is 2.65. The molecule has 2 saturated heterocycles. The van der Waals surface area contributed by atoms with Crippen LogP contribution in [-0.2, 0) is 0 Å². The second-order valence-electron chi connectivity index (χ2n) is 6.38. The van der Waals surface area contributed by atoms with Crippen LogP contribution in [0.15, 0.2) is 0 Å². The van der Waals surface area contributed by atoms with Gasteiger partial charge in [-0.3, -0.25) is 0 Å².